The molecule has 1 amide bonds. The van der Waals surface area contributed by atoms with Gasteiger partial charge in [0, 0.05) is 56.3 Å². The van der Waals surface area contributed by atoms with Crippen LogP contribution in [0.4, 0.5) is 19.4 Å². The Morgan fingerprint density at radius 3 is 2.67 bits per heavy atom. The van der Waals surface area contributed by atoms with Crippen LogP contribution in [0, 0.1) is 24.0 Å². The van der Waals surface area contributed by atoms with Crippen LogP contribution in [-0.4, -0.2) is 107 Å². The molecule has 4 aromatic rings. The predicted molar refractivity (Wildman–Crippen MR) is 180 cm³/mol. The molecule has 0 radical (unpaired) electrons. The van der Waals surface area contributed by atoms with Crippen molar-refractivity contribution in [3.05, 3.63) is 47.5 Å². The molecule has 49 heavy (non-hydrogen) atoms. The number of halogens is 2. The van der Waals surface area contributed by atoms with Crippen molar-refractivity contribution < 1.29 is 23.0 Å². The molecule has 4 fully saturated rings. The first kappa shape index (κ1) is 31.6. The summed E-state index contributed by atoms with van der Waals surface area (Å²) in [4.78, 5) is 27.5. The van der Waals surface area contributed by atoms with Crippen LogP contribution in [0.25, 0.3) is 33.1 Å². The van der Waals surface area contributed by atoms with Gasteiger partial charge >= 0.3 is 12.1 Å². The van der Waals surface area contributed by atoms with Crippen LogP contribution in [0.5, 0.6) is 6.01 Å². The highest BCUT2D eigenvalue weighted by Gasteiger charge is 2.50. The van der Waals surface area contributed by atoms with Crippen molar-refractivity contribution in [3.8, 4) is 29.6 Å². The Kier molecular flexibility index (Phi) is 7.95. The van der Waals surface area contributed by atoms with E-state index in [1.54, 1.807) is 38.4 Å². The largest absolute Gasteiger partial charge is 0.461 e. The summed E-state index contributed by atoms with van der Waals surface area (Å²) in [5.74, 6) is 1.62. The third-order valence-electron chi connectivity index (χ3n) is 10.7. The lowest BCUT2D eigenvalue weighted by molar-refractivity contribution is 0.0484. The molecule has 1 N–H and O–H groups in total. The molecule has 4 saturated heterocycles. The molecule has 0 aliphatic carbocycles. The van der Waals surface area contributed by atoms with E-state index in [1.807, 2.05) is 0 Å². The van der Waals surface area contributed by atoms with E-state index in [0.29, 0.717) is 60.5 Å². The second-order valence-corrected chi connectivity index (χ2v) is 13.9. The molecule has 6 heterocycles. The maximum absolute atomic E-state index is 16.8. The summed E-state index contributed by atoms with van der Waals surface area (Å²) in [5.41, 5.74) is 0.232. The number of carbonyl (C=O) groups is 1. The summed E-state index contributed by atoms with van der Waals surface area (Å²) in [7, 11) is 3.34. The SMILES string of the molecule is C#Cc1c(F)ccc2cccc(-c3nnc4c(N5CC6CCC(C5)N6)nc(OC[C@]56CCCN5[C@@H](COC(=O)N(C)C)CC6)nc4c3F)c12. The lowest BCUT2D eigenvalue weighted by Crippen LogP contribution is -2.51. The van der Waals surface area contributed by atoms with Gasteiger partial charge in [-0.3, -0.25) is 4.90 Å². The van der Waals surface area contributed by atoms with Crippen molar-refractivity contribution in [2.45, 2.75) is 62.2 Å². The number of fused-ring (bicyclic) bond motifs is 5. The molecule has 4 aliphatic heterocycles. The smallest absolute Gasteiger partial charge is 0.409 e. The second kappa shape index (κ2) is 12.3. The first-order chi connectivity index (χ1) is 23.7. The van der Waals surface area contributed by atoms with E-state index in [0.717, 1.165) is 45.1 Å². The van der Waals surface area contributed by atoms with Crippen LogP contribution in [0.1, 0.15) is 44.1 Å². The minimum absolute atomic E-state index is 0.0211. The van der Waals surface area contributed by atoms with E-state index in [2.05, 4.69) is 36.2 Å². The highest BCUT2D eigenvalue weighted by atomic mass is 19.1. The van der Waals surface area contributed by atoms with Crippen LogP contribution >= 0.6 is 0 Å². The molecule has 4 atom stereocenters. The van der Waals surface area contributed by atoms with Gasteiger partial charge in [-0.1, -0.05) is 30.2 Å². The lowest BCUT2D eigenvalue weighted by atomic mass is 9.95. The summed E-state index contributed by atoms with van der Waals surface area (Å²) in [6.45, 7) is 2.87. The standard InChI is InChI=1S/C36H38F2N8O3/c1-4-25-27(37)12-9-21-7-5-8-26(28(21)25)30-29(38)31-32(43-42-30)33(45-17-22-10-11-23(18-45)39-22)41-34(40-31)49-20-36-14-6-16-46(36)24(13-15-36)19-48-35(47)44(2)3/h1,5,7-9,12,22-24,39H,6,10-11,13-20H2,2-3H3/t22?,23?,24-,36-/m1/s1. The number of nitrogens with zero attached hydrogens (tertiary/aromatic N) is 7. The fourth-order valence-electron chi connectivity index (χ4n) is 8.33. The number of benzene rings is 2. The summed E-state index contributed by atoms with van der Waals surface area (Å²) < 4.78 is 43.7. The van der Waals surface area contributed by atoms with Crippen molar-refractivity contribution in [3.63, 3.8) is 0 Å². The third kappa shape index (κ3) is 5.47. The van der Waals surface area contributed by atoms with Gasteiger partial charge in [0.1, 0.15) is 30.2 Å². The number of anilines is 1. The van der Waals surface area contributed by atoms with Gasteiger partial charge in [-0.15, -0.1) is 16.6 Å². The fraction of sp³-hybridized carbons (Fsp3) is 0.472. The molecule has 8 rings (SSSR count). The van der Waals surface area contributed by atoms with E-state index >= 15 is 4.39 Å². The Morgan fingerprint density at radius 1 is 1.08 bits per heavy atom. The van der Waals surface area contributed by atoms with Crippen LogP contribution in [0.3, 0.4) is 0 Å². The van der Waals surface area contributed by atoms with Gasteiger partial charge < -0.3 is 24.6 Å². The van der Waals surface area contributed by atoms with E-state index in [1.165, 1.54) is 11.0 Å². The summed E-state index contributed by atoms with van der Waals surface area (Å²) in [6.07, 6.45) is 11.1. The molecule has 4 aliphatic rings. The molecule has 2 aromatic heterocycles. The molecule has 0 saturated carbocycles. The second-order valence-electron chi connectivity index (χ2n) is 13.9. The molecule has 2 aromatic carbocycles. The van der Waals surface area contributed by atoms with Crippen molar-refractivity contribution in [1.29, 1.82) is 0 Å². The highest BCUT2D eigenvalue weighted by molar-refractivity contribution is 6.01. The van der Waals surface area contributed by atoms with Gasteiger partial charge in [-0.05, 0) is 56.5 Å². The Labute approximate surface area is 283 Å². The molecule has 2 bridgehead atoms. The number of hydrogen-bond acceptors (Lipinski definition) is 10. The molecule has 2 unspecified atom stereocenters. The van der Waals surface area contributed by atoms with Crippen molar-refractivity contribution >= 4 is 33.7 Å². The molecule has 13 heteroatoms. The molecular formula is C36H38F2N8O3. The van der Waals surface area contributed by atoms with E-state index in [9.17, 15) is 9.18 Å². The number of amides is 1. The highest BCUT2D eigenvalue weighted by Crippen LogP contribution is 2.43. The number of nitrogens with one attached hydrogen (secondary N) is 1. The Hall–Kier alpha value is -4.67. The van der Waals surface area contributed by atoms with Gasteiger partial charge in [0.05, 0.1) is 11.1 Å². The van der Waals surface area contributed by atoms with Crippen LogP contribution < -0.4 is 15.0 Å². The topological polar surface area (TPSA) is 109 Å². The minimum Gasteiger partial charge on any atom is -0.461 e. The molecular weight excluding hydrogens is 630 g/mol. The van der Waals surface area contributed by atoms with Gasteiger partial charge in [-0.25, -0.2) is 13.6 Å². The quantitative estimate of drug-likeness (QED) is 0.283. The van der Waals surface area contributed by atoms with Crippen molar-refractivity contribution in [2.75, 3.05) is 51.8 Å². The number of terminal acetylenes is 1. The van der Waals surface area contributed by atoms with Gasteiger partial charge in [0.2, 0.25) is 0 Å². The van der Waals surface area contributed by atoms with E-state index < -0.39 is 11.6 Å². The number of aromatic nitrogens is 4. The average Bonchev–Trinajstić information content (AvgIpc) is 3.78. The van der Waals surface area contributed by atoms with Crippen LogP contribution in [0.2, 0.25) is 0 Å². The van der Waals surface area contributed by atoms with Crippen molar-refractivity contribution in [1.82, 2.24) is 35.3 Å². The zero-order chi connectivity index (χ0) is 33.9. The average molecular weight is 669 g/mol. The molecule has 254 valence electrons. The van der Waals surface area contributed by atoms with Gasteiger partial charge in [0.25, 0.3) is 0 Å². The molecule has 11 nitrogen and oxygen atoms in total. The van der Waals surface area contributed by atoms with E-state index in [4.69, 9.17) is 20.9 Å². The normalized spacial score (nSPS) is 24.7. The monoisotopic (exact) mass is 668 g/mol. The lowest BCUT2D eigenvalue weighted by Gasteiger charge is -2.35. The Morgan fingerprint density at radius 2 is 1.90 bits per heavy atom. The number of rotatable bonds is 7. The van der Waals surface area contributed by atoms with Crippen LogP contribution in [0.15, 0.2) is 30.3 Å². The number of ether oxygens (including phenoxy) is 2. The summed E-state index contributed by atoms with van der Waals surface area (Å²) in [6, 6.07) is 8.86. The summed E-state index contributed by atoms with van der Waals surface area (Å²) in [5, 5.41) is 13.5. The van der Waals surface area contributed by atoms with E-state index in [-0.39, 0.29) is 46.0 Å². The van der Waals surface area contributed by atoms with Gasteiger partial charge in [-0.2, -0.15) is 9.97 Å². The summed E-state index contributed by atoms with van der Waals surface area (Å²) >= 11 is 0. The number of carbonyl (C=O) groups excluding carboxylic acids is 1. The minimum atomic E-state index is -0.708. The fourth-order valence-corrected chi connectivity index (χ4v) is 8.33. The third-order valence-corrected chi connectivity index (χ3v) is 10.7. The number of hydrogen-bond donors (Lipinski definition) is 1. The predicted octanol–water partition coefficient (Wildman–Crippen LogP) is 4.51. The zero-order valence-electron chi connectivity index (χ0n) is 27.6. The Bertz CT molecular complexity index is 1990. The zero-order valence-corrected chi connectivity index (χ0v) is 27.6. The maximum atomic E-state index is 16.8. The van der Waals surface area contributed by atoms with Crippen LogP contribution in [-0.2, 0) is 4.74 Å². The maximum Gasteiger partial charge on any atom is 0.409 e. The van der Waals surface area contributed by atoms with Gasteiger partial charge in [0.15, 0.2) is 17.2 Å². The molecule has 0 spiro atoms. The Balaban J connectivity index is 1.17. The first-order valence-electron chi connectivity index (χ1n) is 16.9. The van der Waals surface area contributed by atoms with Crippen molar-refractivity contribution in [2.24, 2.45) is 0 Å². The number of piperazine rings is 1. The first-order valence-corrected chi connectivity index (χ1v) is 16.9.